The summed E-state index contributed by atoms with van der Waals surface area (Å²) in [6, 6.07) is 2.80. The summed E-state index contributed by atoms with van der Waals surface area (Å²) in [5, 5.41) is 10.8. The van der Waals surface area contributed by atoms with Crippen LogP contribution in [0, 0.1) is 0 Å². The molecular weight excluding hydrogens is 277 g/mol. The SMILES string of the molecule is CCC(C)(C)Oc1cc(C(=O)[O-])ccc1OC(F)(F)F. The highest BCUT2D eigenvalue weighted by molar-refractivity contribution is 5.86. The number of carbonyl (C=O) groups is 1. The van der Waals surface area contributed by atoms with Gasteiger partial charge in [-0.15, -0.1) is 13.2 Å². The fourth-order valence-corrected chi connectivity index (χ4v) is 1.29. The molecule has 0 bridgehead atoms. The Kier molecular flexibility index (Phi) is 4.52. The molecule has 0 aliphatic heterocycles. The van der Waals surface area contributed by atoms with Gasteiger partial charge in [0.1, 0.15) is 5.60 Å². The normalized spacial score (nSPS) is 12.1. The van der Waals surface area contributed by atoms with Crippen molar-refractivity contribution in [3.05, 3.63) is 23.8 Å². The summed E-state index contributed by atoms with van der Waals surface area (Å²) in [5.41, 5.74) is -1.06. The van der Waals surface area contributed by atoms with E-state index in [-0.39, 0.29) is 11.3 Å². The number of carboxylic acid groups (broad SMARTS) is 1. The first-order valence-electron chi connectivity index (χ1n) is 5.84. The van der Waals surface area contributed by atoms with Crippen molar-refractivity contribution in [3.63, 3.8) is 0 Å². The number of ether oxygens (including phenoxy) is 2. The molecule has 1 aromatic rings. The Morgan fingerprint density at radius 2 is 1.80 bits per heavy atom. The zero-order valence-corrected chi connectivity index (χ0v) is 11.2. The molecule has 0 N–H and O–H groups in total. The lowest BCUT2D eigenvalue weighted by Crippen LogP contribution is -2.28. The maximum Gasteiger partial charge on any atom is 0.573 e. The van der Waals surface area contributed by atoms with Crippen LogP contribution in [0.2, 0.25) is 0 Å². The van der Waals surface area contributed by atoms with E-state index in [2.05, 4.69) is 4.74 Å². The van der Waals surface area contributed by atoms with Gasteiger partial charge in [0.05, 0.1) is 5.97 Å². The third-order valence-corrected chi connectivity index (χ3v) is 2.64. The Hall–Kier alpha value is -1.92. The van der Waals surface area contributed by atoms with E-state index in [0.717, 1.165) is 18.2 Å². The molecule has 0 aliphatic carbocycles. The highest BCUT2D eigenvalue weighted by atomic mass is 19.4. The molecule has 7 heteroatoms. The van der Waals surface area contributed by atoms with E-state index in [0.29, 0.717) is 6.42 Å². The highest BCUT2D eigenvalue weighted by Gasteiger charge is 2.33. The second-order valence-corrected chi connectivity index (χ2v) is 4.71. The van der Waals surface area contributed by atoms with E-state index in [9.17, 15) is 23.1 Å². The molecule has 1 aromatic carbocycles. The van der Waals surface area contributed by atoms with Crippen LogP contribution in [-0.4, -0.2) is 17.9 Å². The van der Waals surface area contributed by atoms with Crippen LogP contribution in [0.25, 0.3) is 0 Å². The van der Waals surface area contributed by atoms with Gasteiger partial charge >= 0.3 is 6.36 Å². The minimum Gasteiger partial charge on any atom is -0.545 e. The van der Waals surface area contributed by atoms with Crippen molar-refractivity contribution in [2.75, 3.05) is 0 Å². The van der Waals surface area contributed by atoms with E-state index >= 15 is 0 Å². The predicted molar refractivity (Wildman–Crippen MR) is 62.5 cm³/mol. The number of carbonyl (C=O) groups excluding carboxylic acids is 1. The van der Waals surface area contributed by atoms with Gasteiger partial charge in [-0.25, -0.2) is 0 Å². The van der Waals surface area contributed by atoms with Crippen LogP contribution in [0.3, 0.4) is 0 Å². The van der Waals surface area contributed by atoms with Gasteiger partial charge in [0, 0.05) is 5.56 Å². The number of benzene rings is 1. The lowest BCUT2D eigenvalue weighted by molar-refractivity contribution is -0.275. The van der Waals surface area contributed by atoms with Crippen molar-refractivity contribution < 1.29 is 32.5 Å². The zero-order valence-electron chi connectivity index (χ0n) is 11.2. The molecule has 0 spiro atoms. The fraction of sp³-hybridized carbons (Fsp3) is 0.462. The number of halogens is 3. The van der Waals surface area contributed by atoms with Gasteiger partial charge in [0.25, 0.3) is 0 Å². The van der Waals surface area contributed by atoms with Crippen molar-refractivity contribution in [1.82, 2.24) is 0 Å². The van der Waals surface area contributed by atoms with Gasteiger partial charge in [0.15, 0.2) is 11.5 Å². The Bertz CT molecular complexity index is 495. The van der Waals surface area contributed by atoms with Crippen LogP contribution in [0.15, 0.2) is 18.2 Å². The predicted octanol–water partition coefficient (Wildman–Crippen LogP) is 2.52. The van der Waals surface area contributed by atoms with E-state index in [1.165, 1.54) is 0 Å². The standard InChI is InChI=1S/C13H15F3O4/c1-4-12(2,3)19-10-7-8(11(17)18)5-6-9(10)20-13(14,15)16/h5-7H,4H2,1-3H3,(H,17,18)/p-1. The van der Waals surface area contributed by atoms with Crippen LogP contribution < -0.4 is 14.6 Å². The maximum atomic E-state index is 12.3. The van der Waals surface area contributed by atoms with Crippen molar-refractivity contribution in [3.8, 4) is 11.5 Å². The minimum absolute atomic E-state index is 0.290. The van der Waals surface area contributed by atoms with Crippen LogP contribution in [-0.2, 0) is 0 Å². The van der Waals surface area contributed by atoms with Gasteiger partial charge in [-0.05, 0) is 38.5 Å². The molecule has 0 unspecified atom stereocenters. The smallest absolute Gasteiger partial charge is 0.545 e. The van der Waals surface area contributed by atoms with Gasteiger partial charge in [-0.1, -0.05) is 6.92 Å². The Balaban J connectivity index is 3.19. The summed E-state index contributed by atoms with van der Waals surface area (Å²) < 4.78 is 46.1. The number of hydrogen-bond acceptors (Lipinski definition) is 4. The largest absolute Gasteiger partial charge is 0.573 e. The molecule has 0 saturated carbocycles. The number of aromatic carboxylic acids is 1. The molecule has 0 saturated heterocycles. The molecule has 112 valence electrons. The first-order chi connectivity index (χ1) is 9.04. The van der Waals surface area contributed by atoms with Crippen LogP contribution in [0.5, 0.6) is 11.5 Å². The van der Waals surface area contributed by atoms with Crippen LogP contribution >= 0.6 is 0 Å². The first kappa shape index (κ1) is 16.1. The molecule has 0 heterocycles. The molecule has 0 aromatic heterocycles. The minimum atomic E-state index is -4.89. The lowest BCUT2D eigenvalue weighted by Gasteiger charge is -2.26. The third kappa shape index (κ3) is 4.64. The number of carboxylic acids is 1. The maximum absolute atomic E-state index is 12.3. The number of rotatable bonds is 5. The molecule has 0 atom stereocenters. The van der Waals surface area contributed by atoms with Crippen molar-refractivity contribution in [2.45, 2.75) is 39.2 Å². The van der Waals surface area contributed by atoms with Gasteiger partial charge in [-0.2, -0.15) is 0 Å². The quantitative estimate of drug-likeness (QED) is 0.836. The van der Waals surface area contributed by atoms with Gasteiger partial charge in [0.2, 0.25) is 0 Å². The molecule has 4 nitrogen and oxygen atoms in total. The Labute approximate surface area is 114 Å². The number of alkyl halides is 3. The second-order valence-electron chi connectivity index (χ2n) is 4.71. The van der Waals surface area contributed by atoms with E-state index in [1.54, 1.807) is 20.8 Å². The van der Waals surface area contributed by atoms with E-state index in [1.807, 2.05) is 0 Å². The molecule has 1 rings (SSSR count). The van der Waals surface area contributed by atoms with Gasteiger partial charge < -0.3 is 19.4 Å². The fourth-order valence-electron chi connectivity index (χ4n) is 1.29. The Morgan fingerprint density at radius 1 is 1.20 bits per heavy atom. The molecule has 20 heavy (non-hydrogen) atoms. The first-order valence-corrected chi connectivity index (χ1v) is 5.84. The van der Waals surface area contributed by atoms with E-state index in [4.69, 9.17) is 4.74 Å². The third-order valence-electron chi connectivity index (χ3n) is 2.64. The summed E-state index contributed by atoms with van der Waals surface area (Å²) in [4.78, 5) is 10.8. The molecule has 0 radical (unpaired) electrons. The van der Waals surface area contributed by atoms with Crippen LogP contribution in [0.4, 0.5) is 13.2 Å². The molecular formula is C13H14F3O4-. The topological polar surface area (TPSA) is 58.6 Å². The summed E-state index contributed by atoms with van der Waals surface area (Å²) in [6.45, 7) is 5.11. The summed E-state index contributed by atoms with van der Waals surface area (Å²) in [7, 11) is 0. The van der Waals surface area contributed by atoms with Crippen LogP contribution in [0.1, 0.15) is 37.6 Å². The van der Waals surface area contributed by atoms with Crippen molar-refractivity contribution in [1.29, 1.82) is 0 Å². The van der Waals surface area contributed by atoms with Crippen molar-refractivity contribution in [2.24, 2.45) is 0 Å². The second kappa shape index (κ2) is 5.60. The van der Waals surface area contributed by atoms with Gasteiger partial charge in [-0.3, -0.25) is 0 Å². The highest BCUT2D eigenvalue weighted by Crippen LogP contribution is 2.35. The van der Waals surface area contributed by atoms with E-state index < -0.39 is 23.7 Å². The average Bonchev–Trinajstić information content (AvgIpc) is 2.29. The molecule has 0 amide bonds. The summed E-state index contributed by atoms with van der Waals surface area (Å²) >= 11 is 0. The summed E-state index contributed by atoms with van der Waals surface area (Å²) in [6.07, 6.45) is -4.38. The molecule has 0 aliphatic rings. The average molecular weight is 291 g/mol. The number of hydrogen-bond donors (Lipinski definition) is 0. The zero-order chi connectivity index (χ0) is 15.6. The molecule has 0 fully saturated rings. The summed E-state index contributed by atoms with van der Waals surface area (Å²) in [5.74, 6) is -2.40. The lowest BCUT2D eigenvalue weighted by atomic mass is 10.1. The monoisotopic (exact) mass is 291 g/mol. The Morgan fingerprint density at radius 3 is 2.25 bits per heavy atom. The van der Waals surface area contributed by atoms with Crippen molar-refractivity contribution >= 4 is 5.97 Å².